The first-order chi connectivity index (χ1) is 13.6. The molecule has 28 heavy (non-hydrogen) atoms. The molecule has 0 unspecified atom stereocenters. The summed E-state index contributed by atoms with van der Waals surface area (Å²) in [5.41, 5.74) is 1.48. The van der Waals surface area contributed by atoms with Crippen molar-refractivity contribution in [2.45, 2.75) is 6.42 Å². The Morgan fingerprint density at radius 1 is 1.11 bits per heavy atom. The van der Waals surface area contributed by atoms with Crippen LogP contribution in [0.1, 0.15) is 15.9 Å². The topological polar surface area (TPSA) is 63.2 Å². The molecule has 1 heterocycles. The fourth-order valence-electron chi connectivity index (χ4n) is 2.65. The fourth-order valence-corrected chi connectivity index (χ4v) is 2.65. The predicted octanol–water partition coefficient (Wildman–Crippen LogP) is 4.08. The van der Waals surface area contributed by atoms with E-state index < -0.39 is 11.6 Å². The van der Waals surface area contributed by atoms with Gasteiger partial charge in [-0.2, -0.15) is 0 Å². The highest BCUT2D eigenvalue weighted by Crippen LogP contribution is 2.20. The summed E-state index contributed by atoms with van der Waals surface area (Å²) < 4.78 is 31.9. The van der Waals surface area contributed by atoms with Crippen LogP contribution in [-0.2, 0) is 6.42 Å². The Labute approximate surface area is 161 Å². The van der Waals surface area contributed by atoms with E-state index in [2.05, 4.69) is 15.6 Å². The molecular weight excluding hydrogens is 364 g/mol. The van der Waals surface area contributed by atoms with Crippen molar-refractivity contribution in [2.75, 3.05) is 19.0 Å². The van der Waals surface area contributed by atoms with E-state index in [1.807, 2.05) is 24.3 Å². The number of anilines is 2. The SMILES string of the molecule is COc1ccccc1CCNC(=O)c1ccc(Nc2ccc(F)cc2F)nc1. The zero-order valence-electron chi connectivity index (χ0n) is 15.2. The molecule has 0 bridgehead atoms. The van der Waals surface area contributed by atoms with Gasteiger partial charge in [-0.05, 0) is 42.3 Å². The Bertz CT molecular complexity index is 962. The summed E-state index contributed by atoms with van der Waals surface area (Å²) in [5.74, 6) is -0.518. The molecule has 0 aliphatic heterocycles. The third kappa shape index (κ3) is 4.82. The Morgan fingerprint density at radius 2 is 1.93 bits per heavy atom. The van der Waals surface area contributed by atoms with Crippen molar-refractivity contribution in [3.63, 3.8) is 0 Å². The number of hydrogen-bond donors (Lipinski definition) is 2. The summed E-state index contributed by atoms with van der Waals surface area (Å²) in [6.45, 7) is 0.444. The number of halogens is 2. The maximum Gasteiger partial charge on any atom is 0.252 e. The van der Waals surface area contributed by atoms with Crippen LogP contribution in [0.4, 0.5) is 20.3 Å². The number of pyridine rings is 1. The van der Waals surface area contributed by atoms with Crippen LogP contribution >= 0.6 is 0 Å². The average molecular weight is 383 g/mol. The number of nitrogens with one attached hydrogen (secondary N) is 2. The standard InChI is InChI=1S/C21H19F2N3O2/c1-28-19-5-3-2-4-14(19)10-11-24-21(27)15-6-9-20(25-13-15)26-18-8-7-16(22)12-17(18)23/h2-9,12-13H,10-11H2,1H3,(H,24,27)(H,25,26). The van der Waals surface area contributed by atoms with Gasteiger partial charge in [-0.3, -0.25) is 4.79 Å². The quantitative estimate of drug-likeness (QED) is 0.645. The number of carbonyl (C=O) groups is 1. The van der Waals surface area contributed by atoms with E-state index in [9.17, 15) is 13.6 Å². The van der Waals surface area contributed by atoms with Gasteiger partial charge in [0, 0.05) is 18.8 Å². The van der Waals surface area contributed by atoms with E-state index in [1.165, 1.54) is 12.3 Å². The van der Waals surface area contributed by atoms with Gasteiger partial charge in [-0.15, -0.1) is 0 Å². The number of aromatic nitrogens is 1. The molecule has 2 N–H and O–H groups in total. The third-order valence-corrected chi connectivity index (χ3v) is 4.09. The second-order valence-corrected chi connectivity index (χ2v) is 6.00. The summed E-state index contributed by atoms with van der Waals surface area (Å²) in [5, 5.41) is 5.57. The molecule has 2 aromatic carbocycles. The Morgan fingerprint density at radius 3 is 2.64 bits per heavy atom. The fraction of sp³-hybridized carbons (Fsp3) is 0.143. The first kappa shape index (κ1) is 19.3. The van der Waals surface area contributed by atoms with Gasteiger partial charge in [-0.25, -0.2) is 13.8 Å². The minimum absolute atomic E-state index is 0.0999. The van der Waals surface area contributed by atoms with E-state index in [0.29, 0.717) is 24.3 Å². The third-order valence-electron chi connectivity index (χ3n) is 4.09. The number of rotatable bonds is 7. The summed E-state index contributed by atoms with van der Waals surface area (Å²) in [6.07, 6.45) is 2.02. The molecule has 0 saturated carbocycles. The number of methoxy groups -OCH3 is 1. The first-order valence-corrected chi connectivity index (χ1v) is 8.65. The van der Waals surface area contributed by atoms with Crippen LogP contribution in [-0.4, -0.2) is 24.5 Å². The number of ether oxygens (including phenoxy) is 1. The van der Waals surface area contributed by atoms with Gasteiger partial charge >= 0.3 is 0 Å². The van der Waals surface area contributed by atoms with Crippen LogP contribution in [0.3, 0.4) is 0 Å². The van der Waals surface area contributed by atoms with E-state index >= 15 is 0 Å². The number of nitrogens with zero attached hydrogens (tertiary/aromatic N) is 1. The van der Waals surface area contributed by atoms with Crippen molar-refractivity contribution in [2.24, 2.45) is 0 Å². The van der Waals surface area contributed by atoms with E-state index in [4.69, 9.17) is 4.74 Å². The highest BCUT2D eigenvalue weighted by atomic mass is 19.1. The van der Waals surface area contributed by atoms with Crippen molar-refractivity contribution < 1.29 is 18.3 Å². The molecule has 1 amide bonds. The molecule has 0 fully saturated rings. The second-order valence-electron chi connectivity index (χ2n) is 6.00. The lowest BCUT2D eigenvalue weighted by molar-refractivity contribution is 0.0953. The molecule has 0 saturated heterocycles. The van der Waals surface area contributed by atoms with Crippen molar-refractivity contribution in [1.82, 2.24) is 10.3 Å². The largest absolute Gasteiger partial charge is 0.496 e. The lowest BCUT2D eigenvalue weighted by atomic mass is 10.1. The molecule has 0 aliphatic carbocycles. The first-order valence-electron chi connectivity index (χ1n) is 8.65. The molecule has 3 rings (SSSR count). The predicted molar refractivity (Wildman–Crippen MR) is 103 cm³/mol. The number of hydrogen-bond acceptors (Lipinski definition) is 4. The van der Waals surface area contributed by atoms with Gasteiger partial charge in [-0.1, -0.05) is 18.2 Å². The van der Waals surface area contributed by atoms with Gasteiger partial charge in [0.1, 0.15) is 23.2 Å². The Balaban J connectivity index is 1.56. The van der Waals surface area contributed by atoms with E-state index in [-0.39, 0.29) is 11.6 Å². The molecule has 7 heteroatoms. The molecule has 1 aromatic heterocycles. The average Bonchev–Trinajstić information content (AvgIpc) is 2.71. The number of para-hydroxylation sites is 1. The molecule has 0 atom stereocenters. The second kappa shape index (κ2) is 8.94. The van der Waals surface area contributed by atoms with Crippen LogP contribution in [0.25, 0.3) is 0 Å². The monoisotopic (exact) mass is 383 g/mol. The maximum absolute atomic E-state index is 13.7. The van der Waals surface area contributed by atoms with Crippen LogP contribution in [0.15, 0.2) is 60.8 Å². The van der Waals surface area contributed by atoms with Gasteiger partial charge in [0.05, 0.1) is 18.4 Å². The minimum Gasteiger partial charge on any atom is -0.496 e. The number of carbonyl (C=O) groups excluding carboxylic acids is 1. The molecule has 144 valence electrons. The lowest BCUT2D eigenvalue weighted by Gasteiger charge is -2.10. The van der Waals surface area contributed by atoms with Gasteiger partial charge in [0.25, 0.3) is 5.91 Å². The van der Waals surface area contributed by atoms with Crippen molar-refractivity contribution >= 4 is 17.4 Å². The summed E-state index contributed by atoms with van der Waals surface area (Å²) >= 11 is 0. The number of benzene rings is 2. The van der Waals surface area contributed by atoms with Crippen molar-refractivity contribution in [3.8, 4) is 5.75 Å². The zero-order chi connectivity index (χ0) is 19.9. The van der Waals surface area contributed by atoms with Crippen molar-refractivity contribution in [3.05, 3.63) is 83.6 Å². The van der Waals surface area contributed by atoms with Gasteiger partial charge in [0.15, 0.2) is 0 Å². The Hall–Kier alpha value is -3.48. The molecule has 0 aliphatic rings. The molecule has 0 spiro atoms. The van der Waals surface area contributed by atoms with Crippen LogP contribution in [0.5, 0.6) is 5.75 Å². The zero-order valence-corrected chi connectivity index (χ0v) is 15.2. The highest BCUT2D eigenvalue weighted by molar-refractivity contribution is 5.94. The number of amides is 1. The van der Waals surface area contributed by atoms with Crippen LogP contribution in [0, 0.1) is 11.6 Å². The van der Waals surface area contributed by atoms with Gasteiger partial charge < -0.3 is 15.4 Å². The lowest BCUT2D eigenvalue weighted by Crippen LogP contribution is -2.25. The van der Waals surface area contributed by atoms with E-state index in [1.54, 1.807) is 19.2 Å². The molecular formula is C21H19F2N3O2. The molecule has 3 aromatic rings. The normalized spacial score (nSPS) is 10.4. The maximum atomic E-state index is 13.7. The van der Waals surface area contributed by atoms with Gasteiger partial charge in [0.2, 0.25) is 0 Å². The smallest absolute Gasteiger partial charge is 0.252 e. The Kier molecular flexibility index (Phi) is 6.16. The van der Waals surface area contributed by atoms with Crippen LogP contribution in [0.2, 0.25) is 0 Å². The highest BCUT2D eigenvalue weighted by Gasteiger charge is 2.09. The minimum atomic E-state index is -0.722. The van der Waals surface area contributed by atoms with Crippen molar-refractivity contribution in [1.29, 1.82) is 0 Å². The summed E-state index contributed by atoms with van der Waals surface area (Å²) in [6, 6.07) is 14.0. The summed E-state index contributed by atoms with van der Waals surface area (Å²) in [4.78, 5) is 16.3. The summed E-state index contributed by atoms with van der Waals surface area (Å²) in [7, 11) is 1.61. The molecule has 0 radical (unpaired) electrons. The molecule has 5 nitrogen and oxygen atoms in total. The van der Waals surface area contributed by atoms with Crippen LogP contribution < -0.4 is 15.4 Å². The van der Waals surface area contributed by atoms with E-state index in [0.717, 1.165) is 23.4 Å².